The lowest BCUT2D eigenvalue weighted by Crippen LogP contribution is -2.48. The van der Waals surface area contributed by atoms with Crippen molar-refractivity contribution in [3.63, 3.8) is 0 Å². The van der Waals surface area contributed by atoms with E-state index in [1.807, 2.05) is 18.2 Å². The third kappa shape index (κ3) is 4.09. The Bertz CT molecular complexity index is 557. The predicted octanol–water partition coefficient (Wildman–Crippen LogP) is 2.98. The molecule has 1 aromatic carbocycles. The zero-order valence-electron chi connectivity index (χ0n) is 14.7. The number of para-hydroxylation sites is 1. The van der Waals surface area contributed by atoms with Gasteiger partial charge in [0.25, 0.3) is 0 Å². The van der Waals surface area contributed by atoms with Crippen LogP contribution in [0.25, 0.3) is 0 Å². The SMILES string of the molecule is N#Cc1ccccc1N1CCC(N2CCCC(CCCN)C2)CC1. The molecule has 2 aliphatic heterocycles. The molecule has 130 valence electrons. The van der Waals surface area contributed by atoms with Gasteiger partial charge in [0.2, 0.25) is 0 Å². The summed E-state index contributed by atoms with van der Waals surface area (Å²) in [6.07, 6.45) is 7.60. The average Bonchev–Trinajstić information content (AvgIpc) is 2.66. The highest BCUT2D eigenvalue weighted by Crippen LogP contribution is 2.29. The van der Waals surface area contributed by atoms with E-state index < -0.39 is 0 Å². The Labute approximate surface area is 146 Å². The summed E-state index contributed by atoms with van der Waals surface area (Å²) in [6.45, 7) is 5.48. The van der Waals surface area contributed by atoms with Crippen molar-refractivity contribution < 1.29 is 0 Å². The number of benzene rings is 1. The summed E-state index contributed by atoms with van der Waals surface area (Å²) in [5.41, 5.74) is 7.59. The van der Waals surface area contributed by atoms with Crippen molar-refractivity contribution in [2.24, 2.45) is 11.7 Å². The van der Waals surface area contributed by atoms with Crippen LogP contribution in [0.5, 0.6) is 0 Å². The molecular weight excluding hydrogens is 296 g/mol. The van der Waals surface area contributed by atoms with Gasteiger partial charge in [0, 0.05) is 25.7 Å². The van der Waals surface area contributed by atoms with E-state index in [-0.39, 0.29) is 0 Å². The van der Waals surface area contributed by atoms with Gasteiger partial charge in [-0.25, -0.2) is 0 Å². The van der Waals surface area contributed by atoms with E-state index in [0.29, 0.717) is 0 Å². The Kier molecular flexibility index (Phi) is 6.12. The second-order valence-electron chi connectivity index (χ2n) is 7.28. The molecular formula is C20H30N4. The van der Waals surface area contributed by atoms with Crippen molar-refractivity contribution in [3.05, 3.63) is 29.8 Å². The van der Waals surface area contributed by atoms with Crippen molar-refractivity contribution in [3.8, 4) is 6.07 Å². The van der Waals surface area contributed by atoms with Gasteiger partial charge < -0.3 is 10.6 Å². The van der Waals surface area contributed by atoms with Crippen LogP contribution in [0, 0.1) is 17.2 Å². The van der Waals surface area contributed by atoms with Gasteiger partial charge in [0.05, 0.1) is 11.3 Å². The molecule has 4 heteroatoms. The lowest BCUT2D eigenvalue weighted by atomic mass is 9.90. The number of rotatable bonds is 5. The smallest absolute Gasteiger partial charge is 0.101 e. The molecule has 2 N–H and O–H groups in total. The van der Waals surface area contributed by atoms with Gasteiger partial charge in [0.15, 0.2) is 0 Å². The summed E-state index contributed by atoms with van der Waals surface area (Å²) < 4.78 is 0. The molecule has 4 nitrogen and oxygen atoms in total. The monoisotopic (exact) mass is 326 g/mol. The molecule has 3 rings (SSSR count). The summed E-state index contributed by atoms with van der Waals surface area (Å²) in [4.78, 5) is 5.13. The van der Waals surface area contributed by atoms with E-state index in [1.165, 1.54) is 51.6 Å². The number of piperidine rings is 2. The molecule has 0 aliphatic carbocycles. The fraction of sp³-hybridized carbons (Fsp3) is 0.650. The number of hydrogen-bond donors (Lipinski definition) is 1. The van der Waals surface area contributed by atoms with Gasteiger partial charge in [-0.2, -0.15) is 5.26 Å². The lowest BCUT2D eigenvalue weighted by Gasteiger charge is -2.43. The van der Waals surface area contributed by atoms with Crippen LogP contribution in [0.15, 0.2) is 24.3 Å². The molecule has 0 saturated carbocycles. The highest BCUT2D eigenvalue weighted by molar-refractivity contribution is 5.59. The second kappa shape index (κ2) is 8.50. The number of nitriles is 1. The average molecular weight is 326 g/mol. The number of anilines is 1. The molecule has 0 aromatic heterocycles. The van der Waals surface area contributed by atoms with Gasteiger partial charge in [-0.1, -0.05) is 12.1 Å². The molecule has 0 amide bonds. The molecule has 0 bridgehead atoms. The van der Waals surface area contributed by atoms with Crippen LogP contribution in [0.3, 0.4) is 0 Å². The summed E-state index contributed by atoms with van der Waals surface area (Å²) in [5, 5.41) is 9.31. The first-order chi connectivity index (χ1) is 11.8. The normalized spacial score (nSPS) is 23.2. The zero-order valence-corrected chi connectivity index (χ0v) is 14.7. The van der Waals surface area contributed by atoms with Gasteiger partial charge >= 0.3 is 0 Å². The quantitative estimate of drug-likeness (QED) is 0.904. The van der Waals surface area contributed by atoms with Crippen LogP contribution in [0.4, 0.5) is 5.69 Å². The molecule has 1 aromatic rings. The highest BCUT2D eigenvalue weighted by Gasteiger charge is 2.29. The maximum Gasteiger partial charge on any atom is 0.101 e. The van der Waals surface area contributed by atoms with E-state index in [2.05, 4.69) is 21.9 Å². The second-order valence-corrected chi connectivity index (χ2v) is 7.28. The maximum atomic E-state index is 9.31. The Balaban J connectivity index is 1.54. The first-order valence-electron chi connectivity index (χ1n) is 9.50. The van der Waals surface area contributed by atoms with E-state index >= 15 is 0 Å². The third-order valence-corrected chi connectivity index (χ3v) is 5.71. The van der Waals surface area contributed by atoms with E-state index in [1.54, 1.807) is 0 Å². The van der Waals surface area contributed by atoms with Crippen LogP contribution in [-0.2, 0) is 0 Å². The van der Waals surface area contributed by atoms with Gasteiger partial charge in [-0.05, 0) is 69.7 Å². The summed E-state index contributed by atoms with van der Waals surface area (Å²) in [5.74, 6) is 0.847. The number of hydrogen-bond acceptors (Lipinski definition) is 4. The lowest BCUT2D eigenvalue weighted by molar-refractivity contribution is 0.103. The van der Waals surface area contributed by atoms with Crippen LogP contribution in [0.1, 0.15) is 44.1 Å². The molecule has 0 radical (unpaired) electrons. The minimum atomic E-state index is 0.719. The first-order valence-corrected chi connectivity index (χ1v) is 9.50. The predicted molar refractivity (Wildman–Crippen MR) is 99.0 cm³/mol. The van der Waals surface area contributed by atoms with Crippen molar-refractivity contribution in [2.45, 2.75) is 44.6 Å². The molecule has 1 atom stereocenters. The molecule has 0 spiro atoms. The van der Waals surface area contributed by atoms with Gasteiger partial charge in [0.1, 0.15) is 6.07 Å². The molecule has 2 heterocycles. The van der Waals surface area contributed by atoms with Crippen molar-refractivity contribution in [1.29, 1.82) is 5.26 Å². The third-order valence-electron chi connectivity index (χ3n) is 5.71. The van der Waals surface area contributed by atoms with Crippen molar-refractivity contribution in [2.75, 3.05) is 37.6 Å². The Morgan fingerprint density at radius 2 is 1.92 bits per heavy atom. The van der Waals surface area contributed by atoms with Crippen LogP contribution in [0.2, 0.25) is 0 Å². The Hall–Kier alpha value is -1.57. The molecule has 24 heavy (non-hydrogen) atoms. The van der Waals surface area contributed by atoms with Crippen molar-refractivity contribution >= 4 is 5.69 Å². The minimum Gasteiger partial charge on any atom is -0.370 e. The summed E-state index contributed by atoms with van der Waals surface area (Å²) in [6, 6.07) is 11.0. The van der Waals surface area contributed by atoms with Crippen LogP contribution in [-0.4, -0.2) is 43.7 Å². The van der Waals surface area contributed by atoms with Gasteiger partial charge in [-0.3, -0.25) is 4.90 Å². The topological polar surface area (TPSA) is 56.3 Å². The highest BCUT2D eigenvalue weighted by atomic mass is 15.2. The van der Waals surface area contributed by atoms with E-state index in [0.717, 1.165) is 42.8 Å². The largest absolute Gasteiger partial charge is 0.370 e. The molecule has 2 aliphatic rings. The maximum absolute atomic E-state index is 9.31. The van der Waals surface area contributed by atoms with E-state index in [4.69, 9.17) is 5.73 Å². The number of likely N-dealkylation sites (tertiary alicyclic amines) is 1. The van der Waals surface area contributed by atoms with E-state index in [9.17, 15) is 5.26 Å². The summed E-state index contributed by atoms with van der Waals surface area (Å²) >= 11 is 0. The first kappa shape index (κ1) is 17.3. The van der Waals surface area contributed by atoms with Crippen LogP contribution >= 0.6 is 0 Å². The van der Waals surface area contributed by atoms with Crippen LogP contribution < -0.4 is 10.6 Å². The number of nitrogens with two attached hydrogens (primary N) is 1. The van der Waals surface area contributed by atoms with Crippen molar-refractivity contribution in [1.82, 2.24) is 4.90 Å². The zero-order chi connectivity index (χ0) is 16.8. The minimum absolute atomic E-state index is 0.719. The van der Waals surface area contributed by atoms with Gasteiger partial charge in [-0.15, -0.1) is 0 Å². The fourth-order valence-electron chi connectivity index (χ4n) is 4.39. The molecule has 1 unspecified atom stereocenters. The Morgan fingerprint density at radius 1 is 1.12 bits per heavy atom. The standard InChI is InChI=1S/C20H30N4/c21-11-3-5-17-6-4-12-24(16-17)19-9-13-23(14-10-19)20-8-2-1-7-18(20)15-22/h1-2,7-8,17,19H,3-6,9-14,16,21H2. The molecule has 2 saturated heterocycles. The molecule has 2 fully saturated rings. The fourth-order valence-corrected chi connectivity index (χ4v) is 4.39. The summed E-state index contributed by atoms with van der Waals surface area (Å²) in [7, 11) is 0. The Morgan fingerprint density at radius 3 is 2.67 bits per heavy atom. The number of nitrogens with zero attached hydrogens (tertiary/aromatic N) is 3.